The predicted octanol–water partition coefficient (Wildman–Crippen LogP) is 3.92. The number of nitrogens with one attached hydrogen (secondary N) is 2. The Balaban J connectivity index is 1.49. The highest BCUT2D eigenvalue weighted by molar-refractivity contribution is 5.96. The van der Waals surface area contributed by atoms with Crippen LogP contribution in [0.4, 0.5) is 21.6 Å². The monoisotopic (exact) mass is 516 g/mol. The SMILES string of the molecule is CCN(C)C(=O)c1ccc(-c2cc(Nc3ccc(N4CCC(O)CC4)cn3)c3c(=O)[nH]ccc3n2)c(F)c1. The fraction of sp³-hybridized carbons (Fsp3) is 0.286. The molecule has 1 aromatic carbocycles. The zero-order valence-corrected chi connectivity index (χ0v) is 21.2. The van der Waals surface area contributed by atoms with Crippen LogP contribution in [-0.2, 0) is 0 Å². The zero-order chi connectivity index (χ0) is 26.8. The average molecular weight is 517 g/mol. The molecule has 0 aliphatic carbocycles. The van der Waals surface area contributed by atoms with Gasteiger partial charge in [-0.3, -0.25) is 9.59 Å². The summed E-state index contributed by atoms with van der Waals surface area (Å²) in [5.41, 5.74) is 2.21. The Morgan fingerprint density at radius 3 is 2.68 bits per heavy atom. The highest BCUT2D eigenvalue weighted by Crippen LogP contribution is 2.30. The molecule has 10 heteroatoms. The highest BCUT2D eigenvalue weighted by atomic mass is 19.1. The fourth-order valence-electron chi connectivity index (χ4n) is 4.56. The molecule has 1 saturated heterocycles. The number of aliphatic hydroxyl groups is 1. The Labute approximate surface area is 219 Å². The van der Waals surface area contributed by atoms with Crippen molar-refractivity contribution in [3.8, 4) is 11.3 Å². The first-order chi connectivity index (χ1) is 18.3. The molecule has 4 aromatic rings. The number of rotatable bonds is 6. The summed E-state index contributed by atoms with van der Waals surface area (Å²) < 4.78 is 15.2. The van der Waals surface area contributed by atoms with Crippen molar-refractivity contribution in [3.63, 3.8) is 0 Å². The van der Waals surface area contributed by atoms with E-state index in [1.807, 2.05) is 19.1 Å². The number of amides is 1. The molecule has 1 amide bonds. The first kappa shape index (κ1) is 25.3. The van der Waals surface area contributed by atoms with E-state index in [-0.39, 0.29) is 28.7 Å². The van der Waals surface area contributed by atoms with Crippen LogP contribution in [0.3, 0.4) is 0 Å². The molecule has 0 spiro atoms. The summed E-state index contributed by atoms with van der Waals surface area (Å²) in [7, 11) is 1.66. The van der Waals surface area contributed by atoms with Gasteiger partial charge in [0, 0.05) is 44.0 Å². The number of aromatic amines is 1. The van der Waals surface area contributed by atoms with Crippen LogP contribution in [0.25, 0.3) is 22.2 Å². The van der Waals surface area contributed by atoms with E-state index >= 15 is 4.39 Å². The molecular weight excluding hydrogens is 487 g/mol. The summed E-state index contributed by atoms with van der Waals surface area (Å²) in [4.78, 5) is 40.6. The number of anilines is 3. The van der Waals surface area contributed by atoms with E-state index in [0.29, 0.717) is 34.6 Å². The van der Waals surface area contributed by atoms with E-state index in [1.165, 1.54) is 23.2 Å². The van der Waals surface area contributed by atoms with Gasteiger partial charge in [0.05, 0.1) is 40.3 Å². The maximum Gasteiger partial charge on any atom is 0.259 e. The lowest BCUT2D eigenvalue weighted by atomic mass is 10.0. The van der Waals surface area contributed by atoms with Crippen molar-refractivity contribution in [1.82, 2.24) is 19.9 Å². The molecule has 38 heavy (non-hydrogen) atoms. The van der Waals surface area contributed by atoms with Crippen molar-refractivity contribution >= 4 is 34.0 Å². The number of nitrogens with zero attached hydrogens (tertiary/aromatic N) is 4. The van der Waals surface area contributed by atoms with Crippen LogP contribution in [0.2, 0.25) is 0 Å². The van der Waals surface area contributed by atoms with Gasteiger partial charge in [-0.2, -0.15) is 0 Å². The van der Waals surface area contributed by atoms with Crippen LogP contribution in [0.1, 0.15) is 30.1 Å². The maximum atomic E-state index is 15.2. The van der Waals surface area contributed by atoms with Crippen molar-refractivity contribution in [3.05, 3.63) is 76.6 Å². The van der Waals surface area contributed by atoms with E-state index in [2.05, 4.69) is 25.2 Å². The molecule has 1 aliphatic heterocycles. The van der Waals surface area contributed by atoms with E-state index < -0.39 is 5.82 Å². The number of benzene rings is 1. The van der Waals surface area contributed by atoms with Crippen LogP contribution in [0.5, 0.6) is 0 Å². The predicted molar refractivity (Wildman–Crippen MR) is 145 cm³/mol. The summed E-state index contributed by atoms with van der Waals surface area (Å²) in [6.07, 6.45) is 4.42. The van der Waals surface area contributed by atoms with Gasteiger partial charge in [0.15, 0.2) is 0 Å². The molecule has 9 nitrogen and oxygen atoms in total. The number of aliphatic hydroxyl groups excluding tert-OH is 1. The average Bonchev–Trinajstić information content (AvgIpc) is 2.93. The third-order valence-corrected chi connectivity index (χ3v) is 6.88. The number of halogens is 1. The van der Waals surface area contributed by atoms with Gasteiger partial charge < -0.3 is 25.2 Å². The molecule has 196 valence electrons. The van der Waals surface area contributed by atoms with Gasteiger partial charge in [-0.15, -0.1) is 0 Å². The number of H-pyrrole nitrogens is 1. The summed E-state index contributed by atoms with van der Waals surface area (Å²) in [5.74, 6) is -0.345. The number of carbonyl (C=O) groups excluding carboxylic acids is 1. The van der Waals surface area contributed by atoms with E-state index in [9.17, 15) is 14.7 Å². The smallest absolute Gasteiger partial charge is 0.259 e. The molecular formula is C28H29FN6O3. The highest BCUT2D eigenvalue weighted by Gasteiger charge is 2.19. The normalized spacial score (nSPS) is 14.1. The minimum absolute atomic E-state index is 0.210. The lowest BCUT2D eigenvalue weighted by Gasteiger charge is -2.31. The molecule has 0 unspecified atom stereocenters. The zero-order valence-electron chi connectivity index (χ0n) is 21.2. The minimum Gasteiger partial charge on any atom is -0.393 e. The fourth-order valence-corrected chi connectivity index (χ4v) is 4.56. The van der Waals surface area contributed by atoms with Crippen LogP contribution < -0.4 is 15.8 Å². The Kier molecular flexibility index (Phi) is 7.06. The van der Waals surface area contributed by atoms with Crippen LogP contribution in [0, 0.1) is 5.82 Å². The molecule has 1 fully saturated rings. The minimum atomic E-state index is -0.586. The second kappa shape index (κ2) is 10.6. The standard InChI is InChI=1S/C28H29FN6O3/c1-3-34(2)28(38)17-4-6-20(21(29)14-17)23-15-24(26-22(32-23)8-11-30-27(26)37)33-25-7-5-18(16-31-25)35-12-9-19(36)10-13-35/h4-8,11,14-16,19,36H,3,9-10,12-13H2,1-2H3,(H,30,37)(H,31,32,33). The van der Waals surface area contributed by atoms with Gasteiger partial charge in [-0.1, -0.05) is 0 Å². The van der Waals surface area contributed by atoms with Gasteiger partial charge in [-0.05, 0) is 62.2 Å². The van der Waals surface area contributed by atoms with Crippen LogP contribution >= 0.6 is 0 Å². The molecule has 1 aliphatic rings. The lowest BCUT2D eigenvalue weighted by Crippen LogP contribution is -2.35. The number of hydrogen-bond donors (Lipinski definition) is 3. The largest absolute Gasteiger partial charge is 0.393 e. The topological polar surface area (TPSA) is 114 Å². The van der Waals surface area contributed by atoms with E-state index in [0.717, 1.165) is 31.6 Å². The molecule has 0 atom stereocenters. The molecule has 0 saturated carbocycles. The van der Waals surface area contributed by atoms with Crippen LogP contribution in [0.15, 0.2) is 59.7 Å². The molecule has 3 N–H and O–H groups in total. The van der Waals surface area contributed by atoms with Gasteiger partial charge >= 0.3 is 0 Å². The van der Waals surface area contributed by atoms with Crippen molar-refractivity contribution in [1.29, 1.82) is 0 Å². The molecule has 0 radical (unpaired) electrons. The summed E-state index contributed by atoms with van der Waals surface area (Å²) in [5, 5.41) is 13.3. The number of aromatic nitrogens is 3. The Bertz CT molecular complexity index is 1530. The molecule has 0 bridgehead atoms. The van der Waals surface area contributed by atoms with E-state index in [1.54, 1.807) is 31.4 Å². The molecule has 4 heterocycles. The number of carbonyl (C=O) groups is 1. The van der Waals surface area contributed by atoms with Gasteiger partial charge in [-0.25, -0.2) is 14.4 Å². The third kappa shape index (κ3) is 5.08. The van der Waals surface area contributed by atoms with Gasteiger partial charge in [0.2, 0.25) is 0 Å². The quantitative estimate of drug-likeness (QED) is 0.356. The van der Waals surface area contributed by atoms with E-state index in [4.69, 9.17) is 0 Å². The summed E-state index contributed by atoms with van der Waals surface area (Å²) in [6.45, 7) is 3.87. The molecule has 3 aromatic heterocycles. The van der Waals surface area contributed by atoms with Crippen molar-refractivity contribution in [2.24, 2.45) is 0 Å². The Hall–Kier alpha value is -4.31. The van der Waals surface area contributed by atoms with Gasteiger partial charge in [0.25, 0.3) is 11.5 Å². The Morgan fingerprint density at radius 2 is 2.00 bits per heavy atom. The lowest BCUT2D eigenvalue weighted by molar-refractivity contribution is 0.0802. The van der Waals surface area contributed by atoms with Gasteiger partial charge in [0.1, 0.15) is 11.6 Å². The summed E-state index contributed by atoms with van der Waals surface area (Å²) >= 11 is 0. The number of pyridine rings is 3. The Morgan fingerprint density at radius 1 is 1.21 bits per heavy atom. The second-order valence-electron chi connectivity index (χ2n) is 9.38. The first-order valence-electron chi connectivity index (χ1n) is 12.6. The van der Waals surface area contributed by atoms with Crippen molar-refractivity contribution in [2.45, 2.75) is 25.9 Å². The number of fused-ring (bicyclic) bond motifs is 1. The number of hydrogen-bond acceptors (Lipinski definition) is 7. The van der Waals surface area contributed by atoms with Crippen molar-refractivity contribution < 1.29 is 14.3 Å². The molecule has 5 rings (SSSR count). The van der Waals surface area contributed by atoms with Crippen molar-refractivity contribution in [2.75, 3.05) is 36.9 Å². The summed E-state index contributed by atoms with van der Waals surface area (Å²) in [6, 6.07) is 11.3. The first-order valence-corrected chi connectivity index (χ1v) is 12.6. The maximum absolute atomic E-state index is 15.2. The number of piperidine rings is 1. The third-order valence-electron chi connectivity index (χ3n) is 6.88. The van der Waals surface area contributed by atoms with Crippen LogP contribution in [-0.4, -0.2) is 63.7 Å². The second-order valence-corrected chi connectivity index (χ2v) is 9.38.